The molecule has 0 saturated heterocycles. The zero-order valence-electron chi connectivity index (χ0n) is 13.7. The first-order valence-corrected chi connectivity index (χ1v) is 7.28. The maximum absolute atomic E-state index is 12.6. The molecule has 6 heteroatoms. The van der Waals surface area contributed by atoms with E-state index in [4.69, 9.17) is 14.2 Å². The molecule has 0 spiro atoms. The SMILES string of the molecule is COc1ccc(C(=O)Cc2cccnn2)c(OC(C)C)c1OC. The maximum atomic E-state index is 12.6. The van der Waals surface area contributed by atoms with Crippen molar-refractivity contribution in [3.8, 4) is 17.2 Å². The molecule has 1 heterocycles. The van der Waals surface area contributed by atoms with E-state index < -0.39 is 0 Å². The van der Waals surface area contributed by atoms with Crippen LogP contribution in [0.2, 0.25) is 0 Å². The number of Topliss-reactive ketones (excluding diaryl/α,β-unsaturated/α-hetero) is 1. The minimum Gasteiger partial charge on any atom is -0.493 e. The summed E-state index contributed by atoms with van der Waals surface area (Å²) in [7, 11) is 3.06. The fourth-order valence-electron chi connectivity index (χ4n) is 2.16. The number of aromatic nitrogens is 2. The van der Waals surface area contributed by atoms with Gasteiger partial charge in [-0.2, -0.15) is 10.2 Å². The monoisotopic (exact) mass is 316 g/mol. The third-order valence-corrected chi connectivity index (χ3v) is 3.12. The number of methoxy groups -OCH3 is 2. The number of rotatable bonds is 7. The number of hydrogen-bond donors (Lipinski definition) is 0. The van der Waals surface area contributed by atoms with Crippen LogP contribution in [0.3, 0.4) is 0 Å². The van der Waals surface area contributed by atoms with Crippen molar-refractivity contribution in [1.29, 1.82) is 0 Å². The van der Waals surface area contributed by atoms with Gasteiger partial charge in [-0.15, -0.1) is 0 Å². The Morgan fingerprint density at radius 2 is 1.91 bits per heavy atom. The van der Waals surface area contributed by atoms with Crippen molar-refractivity contribution in [3.05, 3.63) is 41.7 Å². The summed E-state index contributed by atoms with van der Waals surface area (Å²) in [5.41, 5.74) is 1.03. The number of benzene rings is 1. The molecule has 0 aliphatic rings. The van der Waals surface area contributed by atoms with Crippen LogP contribution in [-0.2, 0) is 6.42 Å². The topological polar surface area (TPSA) is 70.5 Å². The van der Waals surface area contributed by atoms with E-state index in [1.54, 1.807) is 30.5 Å². The number of ketones is 1. The number of ether oxygens (including phenoxy) is 3. The Hall–Kier alpha value is -2.63. The number of nitrogens with zero attached hydrogens (tertiary/aromatic N) is 2. The molecule has 2 rings (SSSR count). The van der Waals surface area contributed by atoms with Crippen LogP contribution in [0.15, 0.2) is 30.5 Å². The highest BCUT2D eigenvalue weighted by Gasteiger charge is 2.22. The Labute approximate surface area is 135 Å². The van der Waals surface area contributed by atoms with E-state index in [1.807, 2.05) is 13.8 Å². The highest BCUT2D eigenvalue weighted by molar-refractivity contribution is 6.01. The number of carbonyl (C=O) groups is 1. The molecule has 1 aromatic carbocycles. The van der Waals surface area contributed by atoms with E-state index >= 15 is 0 Å². The molecule has 0 saturated carbocycles. The Morgan fingerprint density at radius 1 is 1.13 bits per heavy atom. The van der Waals surface area contributed by atoms with Crippen molar-refractivity contribution >= 4 is 5.78 Å². The predicted molar refractivity (Wildman–Crippen MR) is 85.4 cm³/mol. The summed E-state index contributed by atoms with van der Waals surface area (Å²) in [6.07, 6.45) is 1.59. The lowest BCUT2D eigenvalue weighted by atomic mass is 10.0. The smallest absolute Gasteiger partial charge is 0.204 e. The molecule has 0 unspecified atom stereocenters. The first-order valence-electron chi connectivity index (χ1n) is 7.28. The van der Waals surface area contributed by atoms with Gasteiger partial charge in [-0.25, -0.2) is 0 Å². The van der Waals surface area contributed by atoms with Crippen LogP contribution in [0.25, 0.3) is 0 Å². The summed E-state index contributed by atoms with van der Waals surface area (Å²) >= 11 is 0. The van der Waals surface area contributed by atoms with E-state index in [0.29, 0.717) is 28.5 Å². The van der Waals surface area contributed by atoms with Crippen molar-refractivity contribution in [2.45, 2.75) is 26.4 Å². The summed E-state index contributed by atoms with van der Waals surface area (Å²) in [6, 6.07) is 6.87. The maximum Gasteiger partial charge on any atom is 0.204 e. The lowest BCUT2D eigenvalue weighted by molar-refractivity contribution is 0.0984. The van der Waals surface area contributed by atoms with Crippen LogP contribution >= 0.6 is 0 Å². The van der Waals surface area contributed by atoms with E-state index in [9.17, 15) is 4.79 Å². The van der Waals surface area contributed by atoms with Gasteiger partial charge in [0.2, 0.25) is 5.75 Å². The van der Waals surface area contributed by atoms with Crippen molar-refractivity contribution in [1.82, 2.24) is 10.2 Å². The summed E-state index contributed by atoms with van der Waals surface area (Å²) in [4.78, 5) is 12.6. The zero-order chi connectivity index (χ0) is 16.8. The Kier molecular flexibility index (Phi) is 5.51. The van der Waals surface area contributed by atoms with E-state index in [2.05, 4.69) is 10.2 Å². The minimum absolute atomic E-state index is 0.112. The molecule has 0 N–H and O–H groups in total. The molecule has 6 nitrogen and oxygen atoms in total. The van der Waals surface area contributed by atoms with Gasteiger partial charge in [-0.1, -0.05) is 0 Å². The van der Waals surface area contributed by atoms with Crippen molar-refractivity contribution < 1.29 is 19.0 Å². The van der Waals surface area contributed by atoms with Crippen molar-refractivity contribution in [2.75, 3.05) is 14.2 Å². The standard InChI is InChI=1S/C17H20N2O4/c1-11(2)23-16-13(7-8-15(21-3)17(16)22-4)14(20)10-12-6-5-9-18-19-12/h5-9,11H,10H2,1-4H3. The minimum atomic E-state index is -0.123. The van der Waals surface area contributed by atoms with Gasteiger partial charge in [0.05, 0.1) is 38.0 Å². The summed E-state index contributed by atoms with van der Waals surface area (Å²) in [6.45, 7) is 3.77. The highest BCUT2D eigenvalue weighted by Crippen LogP contribution is 2.40. The largest absolute Gasteiger partial charge is 0.493 e. The van der Waals surface area contributed by atoms with Gasteiger partial charge in [0.15, 0.2) is 17.3 Å². The van der Waals surface area contributed by atoms with E-state index in [0.717, 1.165) is 0 Å². The van der Waals surface area contributed by atoms with Gasteiger partial charge in [0, 0.05) is 6.20 Å². The summed E-state index contributed by atoms with van der Waals surface area (Å²) < 4.78 is 16.5. The fraction of sp³-hybridized carbons (Fsp3) is 0.353. The molecule has 2 aromatic rings. The third kappa shape index (κ3) is 3.97. The van der Waals surface area contributed by atoms with E-state index in [-0.39, 0.29) is 18.3 Å². The van der Waals surface area contributed by atoms with Crippen LogP contribution in [0.4, 0.5) is 0 Å². The molecule has 0 aliphatic carbocycles. The molecule has 0 radical (unpaired) electrons. The molecule has 0 fully saturated rings. The first kappa shape index (κ1) is 16.7. The van der Waals surface area contributed by atoms with E-state index in [1.165, 1.54) is 14.2 Å². The predicted octanol–water partition coefficient (Wildman–Crippen LogP) is 2.71. The van der Waals surface area contributed by atoms with Crippen molar-refractivity contribution in [3.63, 3.8) is 0 Å². The average molecular weight is 316 g/mol. The molecular weight excluding hydrogens is 296 g/mol. The van der Waals surface area contributed by atoms with Gasteiger partial charge >= 0.3 is 0 Å². The number of carbonyl (C=O) groups excluding carboxylic acids is 1. The summed E-state index contributed by atoms with van der Waals surface area (Å²) in [5, 5.41) is 7.73. The fourth-order valence-corrected chi connectivity index (χ4v) is 2.16. The number of hydrogen-bond acceptors (Lipinski definition) is 6. The van der Waals surface area contributed by atoms with Gasteiger partial charge in [0.1, 0.15) is 0 Å². The lowest BCUT2D eigenvalue weighted by Gasteiger charge is -2.18. The second-order valence-corrected chi connectivity index (χ2v) is 5.16. The van der Waals surface area contributed by atoms with Crippen LogP contribution in [0, 0.1) is 0 Å². The molecule has 23 heavy (non-hydrogen) atoms. The third-order valence-electron chi connectivity index (χ3n) is 3.12. The normalized spacial score (nSPS) is 10.5. The molecule has 0 amide bonds. The van der Waals surface area contributed by atoms with Crippen molar-refractivity contribution in [2.24, 2.45) is 0 Å². The van der Waals surface area contributed by atoms with Crippen LogP contribution < -0.4 is 14.2 Å². The second kappa shape index (κ2) is 7.58. The second-order valence-electron chi connectivity index (χ2n) is 5.16. The van der Waals surface area contributed by atoms with Crippen LogP contribution in [-0.4, -0.2) is 36.3 Å². The molecule has 122 valence electrons. The summed E-state index contributed by atoms with van der Waals surface area (Å²) in [5.74, 6) is 1.18. The molecule has 0 bridgehead atoms. The highest BCUT2D eigenvalue weighted by atomic mass is 16.5. The molecule has 0 aliphatic heterocycles. The zero-order valence-corrected chi connectivity index (χ0v) is 13.7. The molecular formula is C17H20N2O4. The average Bonchev–Trinajstić information content (AvgIpc) is 2.54. The Bertz CT molecular complexity index is 672. The Morgan fingerprint density at radius 3 is 2.48 bits per heavy atom. The Balaban J connectivity index is 2.42. The van der Waals surface area contributed by atoms with Gasteiger partial charge in [-0.05, 0) is 38.1 Å². The van der Waals surface area contributed by atoms with Crippen LogP contribution in [0.1, 0.15) is 29.9 Å². The quantitative estimate of drug-likeness (QED) is 0.731. The lowest BCUT2D eigenvalue weighted by Crippen LogP contribution is -2.13. The first-order chi connectivity index (χ1) is 11.1. The molecule has 0 atom stereocenters. The molecule has 1 aromatic heterocycles. The van der Waals surface area contributed by atoms with Gasteiger partial charge < -0.3 is 14.2 Å². The van der Waals surface area contributed by atoms with Gasteiger partial charge in [0.25, 0.3) is 0 Å². The van der Waals surface area contributed by atoms with Crippen LogP contribution in [0.5, 0.6) is 17.2 Å². The van der Waals surface area contributed by atoms with Gasteiger partial charge in [-0.3, -0.25) is 4.79 Å².